The van der Waals surface area contributed by atoms with Crippen molar-refractivity contribution in [2.75, 3.05) is 6.86 Å². The molecular formula is C31H41F3O7. The Bertz CT molecular complexity index is 1150. The first kappa shape index (κ1) is 30.1. The quantitative estimate of drug-likeness (QED) is 0.404. The molecule has 0 unspecified atom stereocenters. The van der Waals surface area contributed by atoms with Gasteiger partial charge in [-0.25, -0.2) is 22.8 Å². The van der Waals surface area contributed by atoms with E-state index >= 15 is 8.78 Å². The van der Waals surface area contributed by atoms with Crippen LogP contribution < -0.4 is 0 Å². The smallest absolute Gasteiger partial charge is 0.431 e. The van der Waals surface area contributed by atoms with E-state index in [9.17, 15) is 23.9 Å². The highest BCUT2D eigenvalue weighted by atomic mass is 19.1. The highest BCUT2D eigenvalue weighted by molar-refractivity contribution is 6.01. The fraction of sp³-hybridized carbons (Fsp3) is 0.774. The van der Waals surface area contributed by atoms with Gasteiger partial charge in [-0.05, 0) is 81.4 Å². The number of alkyl halides is 3. The highest BCUT2D eigenvalue weighted by Crippen LogP contribution is 2.71. The number of fused-ring (bicyclic) bond motifs is 5. The molecule has 9 atom stereocenters. The van der Waals surface area contributed by atoms with Crippen molar-refractivity contribution in [3.8, 4) is 0 Å². The van der Waals surface area contributed by atoms with Crippen LogP contribution in [0.5, 0.6) is 0 Å². The van der Waals surface area contributed by atoms with Crippen molar-refractivity contribution >= 4 is 17.9 Å². The van der Waals surface area contributed by atoms with Crippen LogP contribution in [0.2, 0.25) is 0 Å². The van der Waals surface area contributed by atoms with E-state index < -0.39 is 83.0 Å². The van der Waals surface area contributed by atoms with E-state index in [1.165, 1.54) is 19.1 Å². The second-order valence-electron chi connectivity index (χ2n) is 13.3. The molecule has 41 heavy (non-hydrogen) atoms. The number of aliphatic hydroxyl groups is 1. The summed E-state index contributed by atoms with van der Waals surface area (Å²) in [5, 5.41) is 11.6. The Morgan fingerprint density at radius 2 is 1.80 bits per heavy atom. The van der Waals surface area contributed by atoms with Gasteiger partial charge in [0, 0.05) is 22.7 Å². The van der Waals surface area contributed by atoms with Gasteiger partial charge < -0.3 is 19.3 Å². The lowest BCUT2D eigenvalue weighted by molar-refractivity contribution is -0.235. The molecule has 0 aliphatic heterocycles. The van der Waals surface area contributed by atoms with Gasteiger partial charge in [-0.1, -0.05) is 33.3 Å². The maximum atomic E-state index is 17.5. The fourth-order valence-corrected chi connectivity index (χ4v) is 9.32. The number of allylic oxidation sites excluding steroid dienone is 4. The molecule has 1 N–H and O–H groups in total. The van der Waals surface area contributed by atoms with Crippen molar-refractivity contribution in [3.05, 3.63) is 23.8 Å². The molecule has 0 aromatic heterocycles. The van der Waals surface area contributed by atoms with Gasteiger partial charge in [-0.2, -0.15) is 0 Å². The monoisotopic (exact) mass is 582 g/mol. The molecule has 0 heterocycles. The number of hydrogen-bond donors (Lipinski definition) is 1. The van der Waals surface area contributed by atoms with Gasteiger partial charge in [0.2, 0.25) is 12.5 Å². The first-order chi connectivity index (χ1) is 19.3. The molecule has 0 aromatic carbocycles. The van der Waals surface area contributed by atoms with Gasteiger partial charge in [0.15, 0.2) is 11.5 Å². The highest BCUT2D eigenvalue weighted by Gasteiger charge is 2.79. The summed E-state index contributed by atoms with van der Waals surface area (Å²) in [6, 6.07) is 0. The number of rotatable bonds is 5. The van der Waals surface area contributed by atoms with Crippen molar-refractivity contribution in [3.63, 3.8) is 0 Å². The van der Waals surface area contributed by atoms with Gasteiger partial charge in [-0.15, -0.1) is 0 Å². The second kappa shape index (κ2) is 10.4. The minimum atomic E-state index is -2.37. The summed E-state index contributed by atoms with van der Waals surface area (Å²) in [6.07, 6.45) is 2.34. The number of esters is 1. The standard InChI is InChI=1S/C31H41F3O7/c1-5-18-6-8-20(9-7-18)40-27(38)41-31(26(37)39-16-32)17(2)12-21-22-14-24(33)23-13-19(35)10-11-28(23,3)30(22,34)25(36)15-29(21,31)4/h10-11,13,17-18,20-22,24-25,36H,5-9,12,14-16H2,1-4H3/t17-,18-,20+,21+,22+,24+,25+,28+,29+,30+,31+/m1/s1. The summed E-state index contributed by atoms with van der Waals surface area (Å²) in [6.45, 7) is 5.37. The Morgan fingerprint density at radius 1 is 1.12 bits per heavy atom. The van der Waals surface area contributed by atoms with E-state index in [1.807, 2.05) is 0 Å². The number of halogens is 3. The van der Waals surface area contributed by atoms with E-state index in [4.69, 9.17) is 14.2 Å². The van der Waals surface area contributed by atoms with Crippen molar-refractivity contribution in [1.82, 2.24) is 0 Å². The number of ketones is 1. The Hall–Kier alpha value is -2.36. The third-order valence-corrected chi connectivity index (χ3v) is 11.5. The number of hydrogen-bond acceptors (Lipinski definition) is 7. The maximum Gasteiger partial charge on any atom is 0.509 e. The average Bonchev–Trinajstić information content (AvgIpc) is 3.14. The molecule has 0 aromatic rings. The predicted molar refractivity (Wildman–Crippen MR) is 142 cm³/mol. The summed E-state index contributed by atoms with van der Waals surface area (Å²) in [7, 11) is 0. The summed E-state index contributed by atoms with van der Waals surface area (Å²) < 4.78 is 63.0. The van der Waals surface area contributed by atoms with Crippen LogP contribution in [0.3, 0.4) is 0 Å². The zero-order chi connectivity index (χ0) is 30.0. The van der Waals surface area contributed by atoms with Crippen molar-refractivity contribution in [2.24, 2.45) is 34.5 Å². The van der Waals surface area contributed by atoms with Crippen LogP contribution in [-0.2, 0) is 23.8 Å². The third-order valence-electron chi connectivity index (χ3n) is 11.5. The van der Waals surface area contributed by atoms with Crippen LogP contribution in [0.1, 0.15) is 79.1 Å². The minimum absolute atomic E-state index is 0.0156. The molecule has 4 fully saturated rings. The molecule has 0 saturated heterocycles. The van der Waals surface area contributed by atoms with E-state index in [2.05, 4.69) is 6.92 Å². The molecule has 0 radical (unpaired) electrons. The second-order valence-corrected chi connectivity index (χ2v) is 13.3. The summed E-state index contributed by atoms with van der Waals surface area (Å²) in [5.41, 5.74) is -7.51. The minimum Gasteiger partial charge on any atom is -0.431 e. The lowest BCUT2D eigenvalue weighted by Gasteiger charge is -2.62. The largest absolute Gasteiger partial charge is 0.509 e. The number of carbonyl (C=O) groups excluding carboxylic acids is 3. The van der Waals surface area contributed by atoms with Crippen LogP contribution in [0.4, 0.5) is 18.0 Å². The van der Waals surface area contributed by atoms with E-state index in [-0.39, 0.29) is 24.8 Å². The average molecular weight is 583 g/mol. The fourth-order valence-electron chi connectivity index (χ4n) is 9.32. The Labute approximate surface area is 238 Å². The molecule has 0 spiro atoms. The Kier molecular flexibility index (Phi) is 7.65. The zero-order valence-corrected chi connectivity index (χ0v) is 24.2. The SMILES string of the molecule is CC[C@H]1CC[C@@H](OC(=O)O[C@]2(C(=O)OCF)[C@H](C)C[C@H]3[C@@H]4C[C@H](F)C5=CC(=O)C=C[C@]5(C)[C@@]4(F)[C@@H](O)C[C@@]32C)CC1. The van der Waals surface area contributed by atoms with Crippen LogP contribution in [0, 0.1) is 34.5 Å². The molecular weight excluding hydrogens is 541 g/mol. The third kappa shape index (κ3) is 4.20. The van der Waals surface area contributed by atoms with Crippen LogP contribution in [-0.4, -0.2) is 59.5 Å². The normalized spacial score (nSPS) is 47.0. The molecule has 7 nitrogen and oxygen atoms in total. The number of ether oxygens (including phenoxy) is 3. The van der Waals surface area contributed by atoms with E-state index in [1.54, 1.807) is 13.8 Å². The van der Waals surface area contributed by atoms with Gasteiger partial charge >= 0.3 is 12.1 Å². The lowest BCUT2D eigenvalue weighted by atomic mass is 9.44. The maximum absolute atomic E-state index is 17.5. The summed E-state index contributed by atoms with van der Waals surface area (Å²) >= 11 is 0. The van der Waals surface area contributed by atoms with Gasteiger partial charge in [0.05, 0.1) is 6.10 Å². The summed E-state index contributed by atoms with van der Waals surface area (Å²) in [5.74, 6) is -3.65. The number of aliphatic hydroxyl groups excluding tert-OH is 1. The van der Waals surface area contributed by atoms with Gasteiger partial charge in [0.25, 0.3) is 0 Å². The number of carbonyl (C=O) groups is 3. The van der Waals surface area contributed by atoms with Crippen LogP contribution in [0.25, 0.3) is 0 Å². The van der Waals surface area contributed by atoms with Crippen LogP contribution >= 0.6 is 0 Å². The van der Waals surface area contributed by atoms with Gasteiger partial charge in [0.1, 0.15) is 12.3 Å². The van der Waals surface area contributed by atoms with E-state index in [0.29, 0.717) is 18.8 Å². The lowest BCUT2D eigenvalue weighted by Crippen LogP contribution is -2.71. The van der Waals surface area contributed by atoms with Crippen molar-refractivity contribution in [2.45, 2.75) is 109 Å². The Balaban J connectivity index is 1.50. The van der Waals surface area contributed by atoms with Gasteiger partial charge in [-0.3, -0.25) is 4.79 Å². The zero-order valence-electron chi connectivity index (χ0n) is 24.2. The van der Waals surface area contributed by atoms with Crippen molar-refractivity contribution < 1.29 is 46.9 Å². The molecule has 228 valence electrons. The Morgan fingerprint density at radius 3 is 2.44 bits per heavy atom. The molecule has 5 rings (SSSR count). The predicted octanol–water partition coefficient (Wildman–Crippen LogP) is 5.88. The van der Waals surface area contributed by atoms with E-state index in [0.717, 1.165) is 25.3 Å². The molecule has 0 bridgehead atoms. The molecule has 5 aliphatic rings. The topological polar surface area (TPSA) is 99.1 Å². The molecule has 10 heteroatoms. The molecule has 0 amide bonds. The van der Waals surface area contributed by atoms with Crippen molar-refractivity contribution in [1.29, 1.82) is 0 Å². The van der Waals surface area contributed by atoms with Crippen LogP contribution in [0.15, 0.2) is 23.8 Å². The summed E-state index contributed by atoms with van der Waals surface area (Å²) in [4.78, 5) is 38.9. The molecule has 5 aliphatic carbocycles. The first-order valence-electron chi connectivity index (χ1n) is 14.9. The molecule has 4 saturated carbocycles. The first-order valence-corrected chi connectivity index (χ1v) is 14.9.